The topological polar surface area (TPSA) is 12.0 Å². The van der Waals surface area contributed by atoms with Gasteiger partial charge in [-0.3, -0.25) is 0 Å². The van der Waals surface area contributed by atoms with E-state index in [-0.39, 0.29) is 0 Å². The van der Waals surface area contributed by atoms with E-state index >= 15 is 0 Å². The maximum absolute atomic E-state index is 3.44. The first-order valence-electron chi connectivity index (χ1n) is 3.79. The van der Waals surface area contributed by atoms with Gasteiger partial charge in [0.1, 0.15) is 0 Å². The van der Waals surface area contributed by atoms with E-state index < -0.39 is 0 Å². The summed E-state index contributed by atoms with van der Waals surface area (Å²) in [7, 11) is 0. The molecule has 0 bridgehead atoms. The highest BCUT2D eigenvalue weighted by atomic mass is 32.2. The van der Waals surface area contributed by atoms with Crippen LogP contribution in [0.2, 0.25) is 0 Å². The third-order valence-corrected chi connectivity index (χ3v) is 3.88. The summed E-state index contributed by atoms with van der Waals surface area (Å²) >= 11 is 2.19. The highest BCUT2D eigenvalue weighted by Gasteiger charge is 2.29. The highest BCUT2D eigenvalue weighted by Crippen LogP contribution is 2.35. The van der Waals surface area contributed by atoms with Crippen molar-refractivity contribution in [3.8, 4) is 0 Å². The lowest BCUT2D eigenvalue weighted by Gasteiger charge is -2.24. The summed E-state index contributed by atoms with van der Waals surface area (Å²) < 4.78 is 0. The maximum Gasteiger partial charge on any atom is 0.00997 e. The van der Waals surface area contributed by atoms with Crippen LogP contribution in [-0.4, -0.2) is 24.1 Å². The van der Waals surface area contributed by atoms with Gasteiger partial charge in [-0.1, -0.05) is 0 Å². The van der Waals surface area contributed by atoms with Crippen molar-refractivity contribution >= 4 is 11.8 Å². The lowest BCUT2D eigenvalue weighted by molar-refractivity contribution is 0.397. The Morgan fingerprint density at radius 2 is 2.33 bits per heavy atom. The molecule has 2 unspecified atom stereocenters. The molecule has 2 fully saturated rings. The summed E-state index contributed by atoms with van der Waals surface area (Å²) in [6.07, 6.45) is 2.87. The van der Waals surface area contributed by atoms with Crippen LogP contribution in [0.3, 0.4) is 0 Å². The normalized spacial score (nSPS) is 42.7. The van der Waals surface area contributed by atoms with Crippen molar-refractivity contribution in [2.75, 3.05) is 18.8 Å². The molecule has 2 aliphatic heterocycles. The second kappa shape index (κ2) is 2.51. The summed E-state index contributed by atoms with van der Waals surface area (Å²) in [5.41, 5.74) is 0. The van der Waals surface area contributed by atoms with Crippen molar-refractivity contribution in [1.82, 2.24) is 5.32 Å². The zero-order chi connectivity index (χ0) is 6.10. The van der Waals surface area contributed by atoms with Crippen molar-refractivity contribution in [3.05, 3.63) is 0 Å². The van der Waals surface area contributed by atoms with Crippen LogP contribution in [0, 0.1) is 5.92 Å². The first-order chi connectivity index (χ1) is 4.47. The van der Waals surface area contributed by atoms with E-state index in [0.717, 1.165) is 11.2 Å². The highest BCUT2D eigenvalue weighted by molar-refractivity contribution is 8.00. The molecule has 0 aromatic carbocycles. The Hall–Kier alpha value is 0.310. The minimum Gasteiger partial charge on any atom is -0.316 e. The molecule has 9 heavy (non-hydrogen) atoms. The average molecular weight is 143 g/mol. The van der Waals surface area contributed by atoms with Gasteiger partial charge in [0, 0.05) is 5.25 Å². The largest absolute Gasteiger partial charge is 0.316 e. The number of thioether (sulfide) groups is 1. The molecule has 2 saturated heterocycles. The summed E-state index contributed by atoms with van der Waals surface area (Å²) in [4.78, 5) is 0. The van der Waals surface area contributed by atoms with Gasteiger partial charge in [0.2, 0.25) is 0 Å². The molecule has 52 valence electrons. The molecule has 0 amide bonds. The van der Waals surface area contributed by atoms with E-state index in [1.807, 2.05) is 0 Å². The molecule has 2 atom stereocenters. The molecule has 2 rings (SSSR count). The van der Waals surface area contributed by atoms with E-state index in [1.165, 1.54) is 31.7 Å². The van der Waals surface area contributed by atoms with Crippen LogP contribution in [0.1, 0.15) is 12.8 Å². The van der Waals surface area contributed by atoms with Crippen molar-refractivity contribution in [2.45, 2.75) is 18.1 Å². The van der Waals surface area contributed by atoms with Crippen LogP contribution in [0.4, 0.5) is 0 Å². The minimum absolute atomic E-state index is 1.02. The van der Waals surface area contributed by atoms with Crippen molar-refractivity contribution in [3.63, 3.8) is 0 Å². The number of hydrogen-bond donors (Lipinski definition) is 1. The van der Waals surface area contributed by atoms with E-state index in [4.69, 9.17) is 0 Å². The molecule has 2 heteroatoms. The van der Waals surface area contributed by atoms with Gasteiger partial charge in [0.25, 0.3) is 0 Å². The van der Waals surface area contributed by atoms with Crippen LogP contribution >= 0.6 is 11.8 Å². The fourth-order valence-electron chi connectivity index (χ4n) is 1.78. The summed E-state index contributed by atoms with van der Waals surface area (Å²) in [5, 5.41) is 4.46. The van der Waals surface area contributed by atoms with Crippen molar-refractivity contribution in [2.24, 2.45) is 5.92 Å². The number of rotatable bonds is 0. The Kier molecular flexibility index (Phi) is 1.68. The van der Waals surface area contributed by atoms with Crippen molar-refractivity contribution in [1.29, 1.82) is 0 Å². The van der Waals surface area contributed by atoms with Gasteiger partial charge in [0.15, 0.2) is 0 Å². The summed E-state index contributed by atoms with van der Waals surface area (Å²) in [5.74, 6) is 2.43. The Morgan fingerprint density at radius 1 is 1.33 bits per heavy atom. The third kappa shape index (κ3) is 1.10. The van der Waals surface area contributed by atoms with Gasteiger partial charge < -0.3 is 5.32 Å². The van der Waals surface area contributed by atoms with Crippen LogP contribution < -0.4 is 5.32 Å². The predicted molar refractivity (Wildman–Crippen MR) is 41.8 cm³/mol. The number of hydrogen-bond acceptors (Lipinski definition) is 2. The minimum atomic E-state index is 1.02. The fraction of sp³-hybridized carbons (Fsp3) is 1.00. The molecule has 2 heterocycles. The first-order valence-corrected chi connectivity index (χ1v) is 4.84. The molecule has 0 aliphatic carbocycles. The molecule has 0 aromatic heterocycles. The molecule has 0 spiro atoms. The van der Waals surface area contributed by atoms with Crippen molar-refractivity contribution < 1.29 is 0 Å². The van der Waals surface area contributed by atoms with Gasteiger partial charge in [-0.25, -0.2) is 0 Å². The van der Waals surface area contributed by atoms with E-state index in [1.54, 1.807) is 0 Å². The van der Waals surface area contributed by atoms with E-state index in [2.05, 4.69) is 17.1 Å². The zero-order valence-electron chi connectivity index (χ0n) is 5.60. The standard InChI is InChI=1S/C7H13NS/c1-3-8-5-6-2-4-9-7(1)6/h6-8H,1-5H2. The molecule has 2 aliphatic rings. The average Bonchev–Trinajstić information content (AvgIpc) is 2.33. The Bertz CT molecular complexity index is 93.1. The van der Waals surface area contributed by atoms with E-state index in [9.17, 15) is 0 Å². The zero-order valence-corrected chi connectivity index (χ0v) is 6.41. The summed E-state index contributed by atoms with van der Waals surface area (Å²) in [6.45, 7) is 2.55. The second-order valence-electron chi connectivity index (χ2n) is 2.95. The summed E-state index contributed by atoms with van der Waals surface area (Å²) in [6, 6.07) is 0. The Labute approximate surface area is 60.6 Å². The predicted octanol–water partition coefficient (Wildman–Crippen LogP) is 1.10. The van der Waals surface area contributed by atoms with Gasteiger partial charge in [-0.05, 0) is 37.6 Å². The molecule has 0 radical (unpaired) electrons. The number of piperidine rings is 1. The second-order valence-corrected chi connectivity index (χ2v) is 4.30. The van der Waals surface area contributed by atoms with Gasteiger partial charge >= 0.3 is 0 Å². The lowest BCUT2D eigenvalue weighted by Crippen LogP contribution is -2.35. The molecule has 0 aromatic rings. The van der Waals surface area contributed by atoms with Crippen LogP contribution in [0.25, 0.3) is 0 Å². The molecule has 0 saturated carbocycles. The fourth-order valence-corrected chi connectivity index (χ4v) is 3.31. The monoisotopic (exact) mass is 143 g/mol. The first kappa shape index (κ1) is 6.05. The quantitative estimate of drug-likeness (QED) is 0.545. The SMILES string of the molecule is C1CC2SCCC2CN1. The Morgan fingerprint density at radius 3 is 3.22 bits per heavy atom. The van der Waals surface area contributed by atoms with Crippen LogP contribution in [-0.2, 0) is 0 Å². The van der Waals surface area contributed by atoms with Gasteiger partial charge in [0.05, 0.1) is 0 Å². The van der Waals surface area contributed by atoms with Gasteiger partial charge in [-0.15, -0.1) is 0 Å². The van der Waals surface area contributed by atoms with E-state index in [0.29, 0.717) is 0 Å². The van der Waals surface area contributed by atoms with Crippen LogP contribution in [0.15, 0.2) is 0 Å². The van der Waals surface area contributed by atoms with Gasteiger partial charge in [-0.2, -0.15) is 11.8 Å². The molecule has 1 nitrogen and oxygen atoms in total. The number of fused-ring (bicyclic) bond motifs is 1. The number of nitrogens with one attached hydrogen (secondary N) is 1. The molecular formula is C7H13NS. The molecular weight excluding hydrogens is 130 g/mol. The third-order valence-electron chi connectivity index (χ3n) is 2.36. The maximum atomic E-state index is 3.44. The Balaban J connectivity index is 1.97. The van der Waals surface area contributed by atoms with Crippen LogP contribution in [0.5, 0.6) is 0 Å². The molecule has 1 N–H and O–H groups in total. The smallest absolute Gasteiger partial charge is 0.00997 e. The lowest BCUT2D eigenvalue weighted by atomic mass is 9.97.